The number of benzene rings is 1. The molecule has 4 rings (SSSR count). The van der Waals surface area contributed by atoms with Gasteiger partial charge in [0.15, 0.2) is 5.16 Å². The van der Waals surface area contributed by atoms with Gasteiger partial charge in [0.05, 0.1) is 11.8 Å². The minimum absolute atomic E-state index is 0.0696. The number of carbonyl (C=O) groups is 2. The smallest absolute Gasteiger partial charge is 0.230 e. The van der Waals surface area contributed by atoms with Gasteiger partial charge in [0, 0.05) is 38.2 Å². The third-order valence-corrected chi connectivity index (χ3v) is 6.55. The zero-order valence-electron chi connectivity index (χ0n) is 17.5. The number of amides is 2. The summed E-state index contributed by atoms with van der Waals surface area (Å²) in [5, 5.41) is 3.82. The van der Waals surface area contributed by atoms with E-state index in [1.165, 1.54) is 11.8 Å². The molecule has 1 aliphatic carbocycles. The first-order valence-corrected chi connectivity index (χ1v) is 11.9. The van der Waals surface area contributed by atoms with Crippen molar-refractivity contribution in [2.24, 2.45) is 5.92 Å². The van der Waals surface area contributed by atoms with Gasteiger partial charge in [0.25, 0.3) is 0 Å². The summed E-state index contributed by atoms with van der Waals surface area (Å²) in [6.45, 7) is 4.77. The third kappa shape index (κ3) is 5.89. The van der Waals surface area contributed by atoms with Crippen molar-refractivity contribution >= 4 is 41.0 Å². The number of hydrogen-bond acceptors (Lipinski definition) is 6. The molecule has 1 atom stereocenters. The molecule has 0 radical (unpaired) electrons. The van der Waals surface area contributed by atoms with Crippen molar-refractivity contribution in [2.45, 2.75) is 31.0 Å². The molecule has 2 fully saturated rings. The van der Waals surface area contributed by atoms with Gasteiger partial charge in [0.1, 0.15) is 11.0 Å². The van der Waals surface area contributed by atoms with Gasteiger partial charge in [-0.05, 0) is 25.3 Å². The molecule has 9 heteroatoms. The molecule has 2 aromatic rings. The van der Waals surface area contributed by atoms with E-state index in [0.29, 0.717) is 36.5 Å². The van der Waals surface area contributed by atoms with Crippen molar-refractivity contribution in [1.29, 1.82) is 0 Å². The van der Waals surface area contributed by atoms with Gasteiger partial charge >= 0.3 is 0 Å². The highest BCUT2D eigenvalue weighted by molar-refractivity contribution is 7.99. The van der Waals surface area contributed by atoms with Crippen LogP contribution in [0.2, 0.25) is 5.15 Å². The number of anilines is 1. The Morgan fingerprint density at radius 1 is 1.16 bits per heavy atom. The zero-order chi connectivity index (χ0) is 21.8. The van der Waals surface area contributed by atoms with Gasteiger partial charge in [-0.1, -0.05) is 53.7 Å². The number of carbonyl (C=O) groups excluding carboxylic acids is 2. The number of nitrogens with one attached hydrogen (secondary N) is 1. The molecule has 7 nitrogen and oxygen atoms in total. The van der Waals surface area contributed by atoms with E-state index in [1.54, 1.807) is 6.07 Å². The van der Waals surface area contributed by atoms with Crippen LogP contribution in [0.15, 0.2) is 41.6 Å². The SMILES string of the molecule is CC(NC(=O)CSc1nc(Cl)cc(N2CCN(C(=O)C3CC3)CC2)n1)c1ccccc1. The van der Waals surface area contributed by atoms with Crippen LogP contribution in [0.4, 0.5) is 5.82 Å². The van der Waals surface area contributed by atoms with E-state index in [9.17, 15) is 9.59 Å². The Morgan fingerprint density at radius 2 is 1.87 bits per heavy atom. The maximum absolute atomic E-state index is 12.4. The predicted octanol–water partition coefficient (Wildman–Crippen LogP) is 3.16. The molecule has 2 amide bonds. The number of aromatic nitrogens is 2. The van der Waals surface area contributed by atoms with Crippen LogP contribution in [0.3, 0.4) is 0 Å². The number of rotatable bonds is 7. The minimum Gasteiger partial charge on any atom is -0.353 e. The monoisotopic (exact) mass is 459 g/mol. The molecule has 1 aromatic heterocycles. The van der Waals surface area contributed by atoms with E-state index in [0.717, 1.165) is 24.2 Å². The molecule has 2 aliphatic rings. The number of halogens is 1. The quantitative estimate of drug-likeness (QED) is 0.389. The van der Waals surface area contributed by atoms with Crippen LogP contribution in [0, 0.1) is 5.92 Å². The molecule has 0 bridgehead atoms. The van der Waals surface area contributed by atoms with Crippen molar-refractivity contribution in [1.82, 2.24) is 20.2 Å². The van der Waals surface area contributed by atoms with Gasteiger partial charge in [-0.15, -0.1) is 0 Å². The number of hydrogen-bond donors (Lipinski definition) is 1. The van der Waals surface area contributed by atoms with Crippen LogP contribution in [0.25, 0.3) is 0 Å². The third-order valence-electron chi connectivity index (χ3n) is 5.51. The summed E-state index contributed by atoms with van der Waals surface area (Å²) in [5.74, 6) is 1.39. The first kappa shape index (κ1) is 21.9. The van der Waals surface area contributed by atoms with E-state index in [4.69, 9.17) is 11.6 Å². The van der Waals surface area contributed by atoms with E-state index in [1.807, 2.05) is 42.2 Å². The van der Waals surface area contributed by atoms with E-state index < -0.39 is 0 Å². The van der Waals surface area contributed by atoms with E-state index in [-0.39, 0.29) is 29.5 Å². The molecule has 164 valence electrons. The van der Waals surface area contributed by atoms with Crippen molar-refractivity contribution in [2.75, 3.05) is 36.8 Å². The first-order chi connectivity index (χ1) is 15.0. The summed E-state index contributed by atoms with van der Waals surface area (Å²) in [4.78, 5) is 37.5. The normalized spacial score (nSPS) is 17.4. The highest BCUT2D eigenvalue weighted by Crippen LogP contribution is 2.31. The minimum atomic E-state index is -0.0846. The summed E-state index contributed by atoms with van der Waals surface area (Å²) < 4.78 is 0. The molecule has 31 heavy (non-hydrogen) atoms. The Hall–Kier alpha value is -2.32. The Labute approximate surface area is 191 Å². The maximum atomic E-state index is 12.4. The zero-order valence-corrected chi connectivity index (χ0v) is 19.0. The average molecular weight is 460 g/mol. The summed E-state index contributed by atoms with van der Waals surface area (Å²) >= 11 is 7.49. The summed E-state index contributed by atoms with van der Waals surface area (Å²) in [7, 11) is 0. The van der Waals surface area contributed by atoms with Crippen molar-refractivity contribution in [3.05, 3.63) is 47.1 Å². The highest BCUT2D eigenvalue weighted by Gasteiger charge is 2.34. The molecule has 2 heterocycles. The van der Waals surface area contributed by atoms with Gasteiger partial charge in [-0.25, -0.2) is 9.97 Å². The Morgan fingerprint density at radius 3 is 2.55 bits per heavy atom. The predicted molar refractivity (Wildman–Crippen MR) is 122 cm³/mol. The lowest BCUT2D eigenvalue weighted by molar-refractivity contribution is -0.132. The molecular weight excluding hydrogens is 434 g/mol. The summed E-state index contributed by atoms with van der Waals surface area (Å²) in [6, 6.07) is 11.5. The topological polar surface area (TPSA) is 78.4 Å². The van der Waals surface area contributed by atoms with Crippen LogP contribution in [-0.2, 0) is 9.59 Å². The lowest BCUT2D eigenvalue weighted by Gasteiger charge is -2.35. The van der Waals surface area contributed by atoms with Crippen LogP contribution in [0.1, 0.15) is 31.4 Å². The van der Waals surface area contributed by atoms with Crippen molar-refractivity contribution < 1.29 is 9.59 Å². The molecule has 1 aliphatic heterocycles. The molecular formula is C22H26ClN5O2S. The van der Waals surface area contributed by atoms with Gasteiger partial charge in [-0.2, -0.15) is 0 Å². The maximum Gasteiger partial charge on any atom is 0.230 e. The Balaban J connectivity index is 1.30. The number of nitrogens with zero attached hydrogens (tertiary/aromatic N) is 4. The highest BCUT2D eigenvalue weighted by atomic mass is 35.5. The standard InChI is InChI=1S/C22H26ClN5O2S/c1-15(16-5-3-2-4-6-16)24-20(29)14-31-22-25-18(23)13-19(26-22)27-9-11-28(12-10-27)21(30)17-7-8-17/h2-6,13,15,17H,7-12,14H2,1H3,(H,24,29). The summed E-state index contributed by atoms with van der Waals surface area (Å²) in [5.41, 5.74) is 1.06. The molecule has 0 spiro atoms. The molecule has 1 saturated heterocycles. The fourth-order valence-electron chi connectivity index (χ4n) is 3.59. The second-order valence-electron chi connectivity index (χ2n) is 7.91. The van der Waals surface area contributed by atoms with Gasteiger partial charge in [0.2, 0.25) is 11.8 Å². The lowest BCUT2D eigenvalue weighted by Crippen LogP contribution is -2.49. The van der Waals surface area contributed by atoms with Crippen LogP contribution in [0.5, 0.6) is 0 Å². The summed E-state index contributed by atoms with van der Waals surface area (Å²) in [6.07, 6.45) is 2.05. The fraction of sp³-hybridized carbons (Fsp3) is 0.455. The van der Waals surface area contributed by atoms with Crippen molar-refractivity contribution in [3.63, 3.8) is 0 Å². The first-order valence-electron chi connectivity index (χ1n) is 10.5. The second kappa shape index (κ2) is 9.87. The van der Waals surface area contributed by atoms with Crippen LogP contribution in [-0.4, -0.2) is 58.6 Å². The fourth-order valence-corrected chi connectivity index (χ4v) is 4.49. The van der Waals surface area contributed by atoms with E-state index >= 15 is 0 Å². The van der Waals surface area contributed by atoms with Crippen LogP contribution >= 0.6 is 23.4 Å². The Bertz CT molecular complexity index is 933. The molecule has 1 N–H and O–H groups in total. The van der Waals surface area contributed by atoms with Crippen LogP contribution < -0.4 is 10.2 Å². The number of thioether (sulfide) groups is 1. The molecule has 1 saturated carbocycles. The van der Waals surface area contributed by atoms with Gasteiger partial charge in [-0.3, -0.25) is 9.59 Å². The lowest BCUT2D eigenvalue weighted by atomic mass is 10.1. The van der Waals surface area contributed by atoms with Gasteiger partial charge < -0.3 is 15.1 Å². The molecule has 1 aromatic carbocycles. The Kier molecular flexibility index (Phi) is 6.97. The average Bonchev–Trinajstić information content (AvgIpc) is 3.63. The van der Waals surface area contributed by atoms with Crippen molar-refractivity contribution in [3.8, 4) is 0 Å². The number of piperazine rings is 1. The second-order valence-corrected chi connectivity index (χ2v) is 9.24. The van der Waals surface area contributed by atoms with E-state index in [2.05, 4.69) is 20.2 Å². The molecule has 1 unspecified atom stereocenters. The largest absolute Gasteiger partial charge is 0.353 e.